The summed E-state index contributed by atoms with van der Waals surface area (Å²) < 4.78 is 5.67. The van der Waals surface area contributed by atoms with E-state index < -0.39 is 11.6 Å². The zero-order valence-corrected chi connectivity index (χ0v) is 11.1. The fraction of sp³-hybridized carbons (Fsp3) is 0.429. The topological polar surface area (TPSA) is 108 Å². The number of benzene rings is 1. The number of amides is 1. The summed E-state index contributed by atoms with van der Waals surface area (Å²) in [6.45, 7) is 0.206. The molecule has 1 fully saturated rings. The molecule has 106 valence electrons. The highest BCUT2D eigenvalue weighted by Gasteiger charge is 2.36. The number of nitrogens with two attached hydrogens (primary N) is 1. The normalized spacial score (nSPS) is 16.4. The number of hydrogen-bond acceptors (Lipinski definition) is 4. The molecule has 0 unspecified atom stereocenters. The lowest BCUT2D eigenvalue weighted by molar-refractivity contribution is 0.149. The van der Waals surface area contributed by atoms with Gasteiger partial charge >= 0.3 is 6.09 Å². The van der Waals surface area contributed by atoms with Gasteiger partial charge in [0.05, 0.1) is 11.2 Å². The number of nitrogens with zero attached hydrogens (tertiary/aromatic N) is 1. The van der Waals surface area contributed by atoms with Crippen molar-refractivity contribution >= 4 is 11.8 Å². The maximum Gasteiger partial charge on any atom is 0.405 e. The predicted molar refractivity (Wildman–Crippen MR) is 73.4 cm³/mol. The third-order valence-electron chi connectivity index (χ3n) is 3.61. The largest absolute Gasteiger partial charge is 0.490 e. The number of nitrogen functional groups attached to an aromatic ring is 1. The Morgan fingerprint density at radius 3 is 2.80 bits per heavy atom. The minimum Gasteiger partial charge on any atom is -0.490 e. The van der Waals surface area contributed by atoms with Gasteiger partial charge < -0.3 is 20.9 Å². The second-order valence-electron chi connectivity index (χ2n) is 5.04. The Kier molecular flexibility index (Phi) is 3.99. The number of carboxylic acid groups (broad SMARTS) is 1. The first kappa shape index (κ1) is 14.0. The van der Waals surface area contributed by atoms with Gasteiger partial charge in [-0.2, -0.15) is 5.26 Å². The van der Waals surface area contributed by atoms with Gasteiger partial charge in [0, 0.05) is 0 Å². The Labute approximate surface area is 117 Å². The molecule has 1 aliphatic carbocycles. The SMILES string of the molecule is N#Cc1c(N)cccc1OCC1(NC(=O)O)CCCC1. The van der Waals surface area contributed by atoms with Gasteiger partial charge in [0.15, 0.2) is 0 Å². The first-order valence-corrected chi connectivity index (χ1v) is 6.49. The summed E-state index contributed by atoms with van der Waals surface area (Å²) in [4.78, 5) is 10.9. The molecule has 2 rings (SSSR count). The summed E-state index contributed by atoms with van der Waals surface area (Å²) in [5.74, 6) is 0.394. The number of ether oxygens (including phenoxy) is 1. The van der Waals surface area contributed by atoms with Crippen LogP contribution < -0.4 is 15.8 Å². The molecular formula is C14H17N3O3. The second kappa shape index (κ2) is 5.70. The molecule has 0 aromatic heterocycles. The molecule has 6 heteroatoms. The average molecular weight is 275 g/mol. The molecule has 0 aliphatic heterocycles. The molecule has 0 spiro atoms. The Morgan fingerprint density at radius 1 is 1.50 bits per heavy atom. The zero-order chi connectivity index (χ0) is 14.6. The summed E-state index contributed by atoms with van der Waals surface area (Å²) in [6.07, 6.45) is 2.35. The summed E-state index contributed by atoms with van der Waals surface area (Å²) in [5.41, 5.74) is 5.80. The summed E-state index contributed by atoms with van der Waals surface area (Å²) in [6, 6.07) is 7.01. The van der Waals surface area contributed by atoms with Crippen LogP contribution in [0.5, 0.6) is 5.75 Å². The highest BCUT2D eigenvalue weighted by molar-refractivity contribution is 5.66. The van der Waals surface area contributed by atoms with Crippen LogP contribution in [0.1, 0.15) is 31.2 Å². The van der Waals surface area contributed by atoms with Crippen LogP contribution in [0.3, 0.4) is 0 Å². The van der Waals surface area contributed by atoms with Gasteiger partial charge in [-0.1, -0.05) is 18.9 Å². The monoisotopic (exact) mass is 275 g/mol. The second-order valence-corrected chi connectivity index (χ2v) is 5.04. The minimum atomic E-state index is -1.05. The molecule has 1 amide bonds. The van der Waals surface area contributed by atoms with Crippen molar-refractivity contribution in [2.75, 3.05) is 12.3 Å². The van der Waals surface area contributed by atoms with E-state index in [4.69, 9.17) is 20.8 Å². The number of anilines is 1. The van der Waals surface area contributed by atoms with Crippen molar-refractivity contribution in [3.8, 4) is 11.8 Å². The first-order valence-electron chi connectivity index (χ1n) is 6.49. The van der Waals surface area contributed by atoms with E-state index in [-0.39, 0.29) is 12.2 Å². The first-order chi connectivity index (χ1) is 9.56. The van der Waals surface area contributed by atoms with Crippen molar-refractivity contribution in [1.29, 1.82) is 5.26 Å². The summed E-state index contributed by atoms with van der Waals surface area (Å²) in [7, 11) is 0. The van der Waals surface area contributed by atoms with Crippen molar-refractivity contribution in [1.82, 2.24) is 5.32 Å². The van der Waals surface area contributed by atoms with Gasteiger partial charge in [0.2, 0.25) is 0 Å². The van der Waals surface area contributed by atoms with Crippen LogP contribution in [0.25, 0.3) is 0 Å². The van der Waals surface area contributed by atoms with Crippen molar-refractivity contribution in [2.24, 2.45) is 0 Å². The number of hydrogen-bond donors (Lipinski definition) is 3. The van der Waals surface area contributed by atoms with Crippen LogP contribution in [-0.4, -0.2) is 23.3 Å². The molecule has 0 bridgehead atoms. The number of nitriles is 1. The van der Waals surface area contributed by atoms with E-state index >= 15 is 0 Å². The molecular weight excluding hydrogens is 258 g/mol. The van der Waals surface area contributed by atoms with Crippen LogP contribution in [0, 0.1) is 11.3 Å². The Hall–Kier alpha value is -2.42. The van der Waals surface area contributed by atoms with E-state index in [2.05, 4.69) is 5.32 Å². The summed E-state index contributed by atoms with van der Waals surface area (Å²) in [5, 5.41) is 20.6. The lowest BCUT2D eigenvalue weighted by Crippen LogP contribution is -2.50. The minimum absolute atomic E-state index is 0.206. The highest BCUT2D eigenvalue weighted by atomic mass is 16.5. The van der Waals surface area contributed by atoms with Gasteiger partial charge in [0.1, 0.15) is 24.0 Å². The van der Waals surface area contributed by atoms with Crippen LogP contribution in [0.15, 0.2) is 18.2 Å². The molecule has 1 aliphatic rings. The van der Waals surface area contributed by atoms with Gasteiger partial charge in [-0.3, -0.25) is 0 Å². The van der Waals surface area contributed by atoms with Crippen LogP contribution >= 0.6 is 0 Å². The molecule has 4 N–H and O–H groups in total. The maximum absolute atomic E-state index is 10.9. The third-order valence-corrected chi connectivity index (χ3v) is 3.61. The third kappa shape index (κ3) is 2.94. The summed E-state index contributed by atoms with van der Waals surface area (Å²) >= 11 is 0. The smallest absolute Gasteiger partial charge is 0.405 e. The van der Waals surface area contributed by atoms with Gasteiger partial charge in [-0.05, 0) is 25.0 Å². The van der Waals surface area contributed by atoms with Crippen molar-refractivity contribution in [3.05, 3.63) is 23.8 Å². The zero-order valence-electron chi connectivity index (χ0n) is 11.1. The van der Waals surface area contributed by atoms with E-state index in [1.165, 1.54) is 0 Å². The maximum atomic E-state index is 10.9. The number of carbonyl (C=O) groups is 1. The van der Waals surface area contributed by atoms with Gasteiger partial charge in [-0.25, -0.2) is 4.79 Å². The van der Waals surface area contributed by atoms with Gasteiger partial charge in [0.25, 0.3) is 0 Å². The Morgan fingerprint density at radius 2 is 2.20 bits per heavy atom. The standard InChI is InChI=1S/C14H17N3O3/c15-8-10-11(16)4-3-5-12(10)20-9-14(17-13(18)19)6-1-2-7-14/h3-5,17H,1-2,6-7,9,16H2,(H,18,19). The fourth-order valence-corrected chi connectivity index (χ4v) is 2.59. The molecule has 20 heavy (non-hydrogen) atoms. The quantitative estimate of drug-likeness (QED) is 0.729. The number of rotatable bonds is 4. The highest BCUT2D eigenvalue weighted by Crippen LogP contribution is 2.31. The van der Waals surface area contributed by atoms with E-state index in [0.717, 1.165) is 25.7 Å². The molecule has 1 saturated carbocycles. The molecule has 0 radical (unpaired) electrons. The van der Waals surface area contributed by atoms with Crippen LogP contribution in [0.4, 0.5) is 10.5 Å². The fourth-order valence-electron chi connectivity index (χ4n) is 2.59. The molecule has 0 heterocycles. The number of nitrogens with one attached hydrogen (secondary N) is 1. The molecule has 0 saturated heterocycles. The Bertz CT molecular complexity index is 545. The molecule has 1 aromatic rings. The van der Waals surface area contributed by atoms with E-state index in [0.29, 0.717) is 11.4 Å². The van der Waals surface area contributed by atoms with E-state index in [1.54, 1.807) is 18.2 Å². The van der Waals surface area contributed by atoms with Crippen molar-refractivity contribution < 1.29 is 14.6 Å². The van der Waals surface area contributed by atoms with Crippen LogP contribution in [-0.2, 0) is 0 Å². The lowest BCUT2D eigenvalue weighted by atomic mass is 9.99. The van der Waals surface area contributed by atoms with Crippen LogP contribution in [0.2, 0.25) is 0 Å². The van der Waals surface area contributed by atoms with E-state index in [9.17, 15) is 4.79 Å². The van der Waals surface area contributed by atoms with E-state index in [1.807, 2.05) is 6.07 Å². The Balaban J connectivity index is 2.13. The molecule has 1 aromatic carbocycles. The predicted octanol–water partition coefficient (Wildman–Crippen LogP) is 2.10. The average Bonchev–Trinajstić information content (AvgIpc) is 2.84. The van der Waals surface area contributed by atoms with Crippen molar-refractivity contribution in [3.63, 3.8) is 0 Å². The van der Waals surface area contributed by atoms with Gasteiger partial charge in [-0.15, -0.1) is 0 Å². The molecule has 6 nitrogen and oxygen atoms in total. The lowest BCUT2D eigenvalue weighted by Gasteiger charge is -2.29. The molecule has 0 atom stereocenters. The van der Waals surface area contributed by atoms with Crippen molar-refractivity contribution in [2.45, 2.75) is 31.2 Å².